The van der Waals surface area contributed by atoms with E-state index < -0.39 is 64.6 Å². The number of hydrogen-bond donors (Lipinski definition) is 0. The van der Waals surface area contributed by atoms with Gasteiger partial charge in [-0.25, -0.2) is 8.78 Å². The van der Waals surface area contributed by atoms with E-state index in [1.165, 1.54) is 57.8 Å². The molecule has 0 unspecified atom stereocenters. The Hall–Kier alpha value is -2.98. The summed E-state index contributed by atoms with van der Waals surface area (Å²) >= 11 is 0. The Kier molecular flexibility index (Phi) is 16.0. The van der Waals surface area contributed by atoms with Crippen molar-refractivity contribution in [3.63, 3.8) is 0 Å². The topological polar surface area (TPSA) is 37.4 Å². The van der Waals surface area contributed by atoms with E-state index in [1.807, 2.05) is 0 Å². The average Bonchev–Trinajstić information content (AvgIpc) is 2.97. The minimum Gasteiger partial charge on any atom is -0.274 e. The van der Waals surface area contributed by atoms with E-state index in [2.05, 4.69) is 6.92 Å². The lowest BCUT2D eigenvalue weighted by Crippen LogP contribution is -2.39. The molecule has 0 fully saturated rings. The lowest BCUT2D eigenvalue weighted by molar-refractivity contribution is -0.140. The molecule has 252 valence electrons. The van der Waals surface area contributed by atoms with Crippen LogP contribution in [0.3, 0.4) is 0 Å². The van der Waals surface area contributed by atoms with Crippen LogP contribution in [-0.2, 0) is 12.4 Å². The van der Waals surface area contributed by atoms with Gasteiger partial charge in [0.2, 0.25) is 0 Å². The van der Waals surface area contributed by atoms with Crippen LogP contribution in [0.1, 0.15) is 141 Å². The maximum Gasteiger partial charge on any atom is 0.419 e. The molecule has 0 N–H and O–H groups in total. The van der Waals surface area contributed by atoms with Crippen molar-refractivity contribution in [3.8, 4) is 0 Å². The number of alkyl halides is 6. The molecule has 0 heterocycles. The quantitative estimate of drug-likeness (QED) is 0.0863. The maximum atomic E-state index is 14.8. The Labute approximate surface area is 260 Å². The van der Waals surface area contributed by atoms with Crippen molar-refractivity contribution < 1.29 is 44.7 Å². The van der Waals surface area contributed by atoms with Gasteiger partial charge in [-0.3, -0.25) is 14.5 Å². The largest absolute Gasteiger partial charge is 0.419 e. The van der Waals surface area contributed by atoms with Crippen LogP contribution in [0.15, 0.2) is 36.4 Å². The summed E-state index contributed by atoms with van der Waals surface area (Å²) in [6, 6.07) is 3.87. The Morgan fingerprint density at radius 3 is 1.16 bits per heavy atom. The predicted molar refractivity (Wildman–Crippen MR) is 158 cm³/mol. The lowest BCUT2D eigenvalue weighted by Gasteiger charge is -2.23. The van der Waals surface area contributed by atoms with Gasteiger partial charge >= 0.3 is 12.4 Å². The zero-order chi connectivity index (χ0) is 33.5. The van der Waals surface area contributed by atoms with Gasteiger partial charge in [0.25, 0.3) is 11.8 Å². The van der Waals surface area contributed by atoms with E-state index in [9.17, 15) is 44.7 Å². The number of halogens is 8. The van der Waals surface area contributed by atoms with Crippen LogP contribution < -0.4 is 0 Å². The monoisotopic (exact) mass is 649 g/mol. The van der Waals surface area contributed by atoms with E-state index in [0.717, 1.165) is 49.9 Å². The summed E-state index contributed by atoms with van der Waals surface area (Å²) in [5, 5.41) is 0. The van der Waals surface area contributed by atoms with Crippen molar-refractivity contribution in [2.75, 3.05) is 6.54 Å². The van der Waals surface area contributed by atoms with Crippen LogP contribution in [0.25, 0.3) is 0 Å². The third kappa shape index (κ3) is 12.4. The summed E-state index contributed by atoms with van der Waals surface area (Å²) in [4.78, 5) is 26.7. The molecule has 11 heteroatoms. The molecule has 0 saturated carbocycles. The molecule has 0 saturated heterocycles. The van der Waals surface area contributed by atoms with E-state index in [-0.39, 0.29) is 6.42 Å². The number of carbonyl (C=O) groups excluding carboxylic acids is 2. The maximum absolute atomic E-state index is 14.8. The van der Waals surface area contributed by atoms with Crippen LogP contribution in [-0.4, -0.2) is 23.3 Å². The highest BCUT2D eigenvalue weighted by Crippen LogP contribution is 2.34. The van der Waals surface area contributed by atoms with E-state index >= 15 is 0 Å². The molecular weight excluding hydrogens is 606 g/mol. The van der Waals surface area contributed by atoms with Crippen LogP contribution in [0.5, 0.6) is 0 Å². The number of rotatable bonds is 19. The molecule has 0 spiro atoms. The molecule has 3 nitrogen and oxygen atoms in total. The first-order valence-corrected chi connectivity index (χ1v) is 15.9. The molecule has 2 aromatic carbocycles. The molecule has 0 bridgehead atoms. The Morgan fingerprint density at radius 1 is 0.533 bits per heavy atom. The van der Waals surface area contributed by atoms with Crippen LogP contribution in [0.4, 0.5) is 35.1 Å². The normalized spacial score (nSPS) is 12.0. The second-order valence-corrected chi connectivity index (χ2v) is 11.4. The molecular formula is C34H43F8NO2. The van der Waals surface area contributed by atoms with Crippen LogP contribution >= 0.6 is 0 Å². The van der Waals surface area contributed by atoms with E-state index in [0.29, 0.717) is 29.9 Å². The number of imide groups is 1. The van der Waals surface area contributed by atoms with Gasteiger partial charge in [0.15, 0.2) is 0 Å². The highest BCUT2D eigenvalue weighted by molar-refractivity contribution is 6.10. The van der Waals surface area contributed by atoms with E-state index in [1.54, 1.807) is 0 Å². The SMILES string of the molecule is CCCCCCCCCCCCCCCCCCN(C(=O)c1cccc(C(F)(F)F)c1F)C(=O)c1cccc(C(F)(F)F)c1F. The fraction of sp³-hybridized carbons (Fsp3) is 0.588. The number of nitrogens with zero attached hydrogens (tertiary/aromatic N) is 1. The molecule has 2 amide bonds. The molecule has 0 aliphatic rings. The Bertz CT molecular complexity index is 1130. The minimum atomic E-state index is -5.14. The van der Waals surface area contributed by atoms with Crippen molar-refractivity contribution in [3.05, 3.63) is 70.3 Å². The standard InChI is InChI=1S/C34H43F8NO2/c1-2-3-4-5-6-7-8-9-10-11-12-13-14-15-16-17-24-43(31(44)25-20-18-22-27(29(25)35)33(37,38)39)32(45)26-21-19-23-28(30(26)36)34(40,41)42/h18-23H,2-17,24H2,1H3. The van der Waals surface area contributed by atoms with Crippen molar-refractivity contribution in [2.24, 2.45) is 0 Å². The van der Waals surface area contributed by atoms with Crippen molar-refractivity contribution >= 4 is 11.8 Å². The molecule has 0 aliphatic heterocycles. The first-order valence-electron chi connectivity index (χ1n) is 15.9. The van der Waals surface area contributed by atoms with Crippen molar-refractivity contribution in [1.82, 2.24) is 4.90 Å². The second-order valence-electron chi connectivity index (χ2n) is 11.4. The highest BCUT2D eigenvalue weighted by Gasteiger charge is 2.39. The van der Waals surface area contributed by atoms with Crippen molar-refractivity contribution in [1.29, 1.82) is 0 Å². The van der Waals surface area contributed by atoms with Gasteiger partial charge in [0.05, 0.1) is 22.3 Å². The summed E-state index contributed by atoms with van der Waals surface area (Å²) in [6.07, 6.45) is 6.44. The predicted octanol–water partition coefficient (Wildman–Crippen LogP) is 11.5. The number of benzene rings is 2. The molecule has 0 radical (unpaired) electrons. The fourth-order valence-corrected chi connectivity index (χ4v) is 5.24. The van der Waals surface area contributed by atoms with Crippen LogP contribution in [0, 0.1) is 11.6 Å². The first-order chi connectivity index (χ1) is 21.3. The molecule has 0 aromatic heterocycles. The van der Waals surface area contributed by atoms with Gasteiger partial charge in [-0.05, 0) is 30.7 Å². The zero-order valence-electron chi connectivity index (χ0n) is 25.8. The first kappa shape index (κ1) is 38.2. The molecule has 2 rings (SSSR count). The van der Waals surface area contributed by atoms with E-state index in [4.69, 9.17) is 0 Å². The highest BCUT2D eigenvalue weighted by atomic mass is 19.4. The smallest absolute Gasteiger partial charge is 0.274 e. The lowest BCUT2D eigenvalue weighted by atomic mass is 10.0. The van der Waals surface area contributed by atoms with Crippen LogP contribution in [0.2, 0.25) is 0 Å². The molecule has 0 atom stereocenters. The number of hydrogen-bond acceptors (Lipinski definition) is 2. The summed E-state index contributed by atoms with van der Waals surface area (Å²) in [5.41, 5.74) is -5.68. The average molecular weight is 650 g/mol. The Balaban J connectivity index is 1.97. The third-order valence-electron chi connectivity index (χ3n) is 7.79. The van der Waals surface area contributed by atoms with Gasteiger partial charge in [-0.2, -0.15) is 26.3 Å². The van der Waals surface area contributed by atoms with Gasteiger partial charge in [0.1, 0.15) is 11.6 Å². The summed E-state index contributed by atoms with van der Waals surface area (Å²) in [6.45, 7) is 1.76. The zero-order valence-corrected chi connectivity index (χ0v) is 25.8. The summed E-state index contributed by atoms with van der Waals surface area (Å²) in [7, 11) is 0. The second kappa shape index (κ2) is 18.9. The summed E-state index contributed by atoms with van der Waals surface area (Å²) in [5.74, 6) is -6.85. The molecule has 2 aromatic rings. The minimum absolute atomic E-state index is 0.150. The van der Waals surface area contributed by atoms with Crippen molar-refractivity contribution in [2.45, 2.75) is 122 Å². The molecule has 0 aliphatic carbocycles. The van der Waals surface area contributed by atoms with Gasteiger partial charge < -0.3 is 0 Å². The number of carbonyl (C=O) groups is 2. The number of unbranched alkanes of at least 4 members (excludes halogenated alkanes) is 15. The number of amides is 2. The summed E-state index contributed by atoms with van der Waals surface area (Å²) < 4.78 is 109. The van der Waals surface area contributed by atoms with Gasteiger partial charge in [-0.15, -0.1) is 0 Å². The van der Waals surface area contributed by atoms with Gasteiger partial charge in [-0.1, -0.05) is 115 Å². The Morgan fingerprint density at radius 2 is 0.844 bits per heavy atom. The van der Waals surface area contributed by atoms with Gasteiger partial charge in [0, 0.05) is 6.54 Å². The molecule has 45 heavy (non-hydrogen) atoms. The third-order valence-corrected chi connectivity index (χ3v) is 7.79. The fourth-order valence-electron chi connectivity index (χ4n) is 5.24.